The second-order valence-electron chi connectivity index (χ2n) is 6.22. The fraction of sp³-hybridized carbons (Fsp3) is 0.316. The van der Waals surface area contributed by atoms with Crippen LogP contribution in [0.2, 0.25) is 0 Å². The Morgan fingerprint density at radius 3 is 2.79 bits per heavy atom. The van der Waals surface area contributed by atoms with Gasteiger partial charge in [0.1, 0.15) is 5.69 Å². The van der Waals surface area contributed by atoms with E-state index in [2.05, 4.69) is 40.8 Å². The molecule has 0 aliphatic heterocycles. The van der Waals surface area contributed by atoms with E-state index >= 15 is 0 Å². The number of amides is 1. The maximum absolute atomic E-state index is 12.3. The third kappa shape index (κ3) is 5.01. The molecule has 8 nitrogen and oxygen atoms in total. The van der Waals surface area contributed by atoms with Crippen LogP contribution in [0.4, 0.5) is 11.4 Å². The number of rotatable bonds is 9. The van der Waals surface area contributed by atoms with Gasteiger partial charge < -0.3 is 9.88 Å². The lowest BCUT2D eigenvalue weighted by molar-refractivity contribution is -0.383. The van der Waals surface area contributed by atoms with Gasteiger partial charge in [0.25, 0.3) is 5.69 Å². The molecule has 3 rings (SSSR count). The van der Waals surface area contributed by atoms with Gasteiger partial charge in [-0.25, -0.2) is 0 Å². The summed E-state index contributed by atoms with van der Waals surface area (Å²) < 4.78 is 2.02. The first-order chi connectivity index (χ1) is 14.0. The lowest BCUT2D eigenvalue weighted by atomic mass is 10.2. The molecular formula is C19H21N5O3S2. The number of anilines is 1. The van der Waals surface area contributed by atoms with Gasteiger partial charge in [-0.1, -0.05) is 37.7 Å². The molecule has 2 heterocycles. The van der Waals surface area contributed by atoms with E-state index in [9.17, 15) is 14.9 Å². The van der Waals surface area contributed by atoms with Gasteiger partial charge in [0.2, 0.25) is 5.91 Å². The van der Waals surface area contributed by atoms with Gasteiger partial charge in [-0.2, -0.15) is 0 Å². The summed E-state index contributed by atoms with van der Waals surface area (Å²) in [7, 11) is 0. The van der Waals surface area contributed by atoms with Gasteiger partial charge in [-0.15, -0.1) is 21.5 Å². The lowest BCUT2D eigenvalue weighted by Crippen LogP contribution is -2.15. The van der Waals surface area contributed by atoms with Gasteiger partial charge >= 0.3 is 0 Å². The summed E-state index contributed by atoms with van der Waals surface area (Å²) in [5.74, 6) is 0.544. The zero-order valence-corrected chi connectivity index (χ0v) is 17.8. The third-order valence-corrected chi connectivity index (χ3v) is 6.18. The summed E-state index contributed by atoms with van der Waals surface area (Å²) in [4.78, 5) is 24.2. The zero-order chi connectivity index (χ0) is 20.8. The minimum atomic E-state index is -0.516. The molecule has 0 aliphatic carbocycles. The Morgan fingerprint density at radius 1 is 1.31 bits per heavy atom. The first-order valence-corrected chi connectivity index (χ1v) is 11.1. The number of hydrogen-bond donors (Lipinski definition) is 1. The monoisotopic (exact) mass is 431 g/mol. The van der Waals surface area contributed by atoms with Crippen molar-refractivity contribution in [2.24, 2.45) is 0 Å². The van der Waals surface area contributed by atoms with E-state index in [-0.39, 0.29) is 23.0 Å². The molecule has 0 fully saturated rings. The number of benzene rings is 1. The van der Waals surface area contributed by atoms with Crippen LogP contribution in [0.3, 0.4) is 0 Å². The molecule has 0 spiro atoms. The molecule has 3 aromatic rings. The molecule has 0 radical (unpaired) electrons. The van der Waals surface area contributed by atoms with Crippen LogP contribution in [0, 0.1) is 10.1 Å². The Bertz CT molecular complexity index is 1010. The average molecular weight is 432 g/mol. The predicted molar refractivity (Wildman–Crippen MR) is 115 cm³/mol. The first-order valence-electron chi connectivity index (χ1n) is 9.20. The molecule has 0 bridgehead atoms. The molecular weight excluding hydrogens is 410 g/mol. The van der Waals surface area contributed by atoms with Crippen molar-refractivity contribution in [2.45, 2.75) is 38.4 Å². The van der Waals surface area contributed by atoms with E-state index in [1.54, 1.807) is 23.5 Å². The number of nitro groups is 1. The predicted octanol–water partition coefficient (Wildman–Crippen LogP) is 4.62. The van der Waals surface area contributed by atoms with Gasteiger partial charge in [0.15, 0.2) is 11.0 Å². The highest BCUT2D eigenvalue weighted by Gasteiger charge is 2.18. The lowest BCUT2D eigenvalue weighted by Gasteiger charge is -2.08. The van der Waals surface area contributed by atoms with E-state index in [1.807, 2.05) is 4.57 Å². The van der Waals surface area contributed by atoms with Crippen LogP contribution in [0.15, 0.2) is 40.9 Å². The third-order valence-electron chi connectivity index (χ3n) is 4.13. The number of carbonyl (C=O) groups excluding carboxylic acids is 1. The second-order valence-corrected chi connectivity index (χ2v) is 8.16. The normalized spacial score (nSPS) is 10.8. The molecule has 1 N–H and O–H groups in total. The van der Waals surface area contributed by atoms with Crippen LogP contribution < -0.4 is 5.32 Å². The van der Waals surface area contributed by atoms with Crippen LogP contribution in [0.1, 0.15) is 25.1 Å². The van der Waals surface area contributed by atoms with Gasteiger partial charge in [0.05, 0.1) is 10.7 Å². The largest absolute Gasteiger partial charge is 0.320 e. The number of thioether (sulfide) groups is 1. The fourth-order valence-corrected chi connectivity index (χ4v) is 4.35. The van der Waals surface area contributed by atoms with Crippen molar-refractivity contribution < 1.29 is 9.72 Å². The summed E-state index contributed by atoms with van der Waals surface area (Å²) in [5, 5.41) is 25.0. The molecule has 0 aliphatic rings. The number of carbonyl (C=O) groups is 1. The number of nitro benzene ring substituents is 1. The van der Waals surface area contributed by atoms with Crippen molar-refractivity contribution in [3.8, 4) is 11.4 Å². The standard InChI is InChI=1S/C19H21N5O3S2/c1-3-9-23-18(13-10-14(4-2)28-11-13)21-22-19(23)29-12-17(25)20-15-7-5-6-8-16(15)24(26)27/h5-8,10-11H,3-4,9,12H2,1-2H3,(H,20,25). The van der Waals surface area contributed by atoms with E-state index < -0.39 is 4.92 Å². The Labute approximate surface area is 176 Å². The molecule has 1 aromatic carbocycles. The molecule has 2 aromatic heterocycles. The molecule has 1 amide bonds. The Kier molecular flexibility index (Phi) is 6.99. The molecule has 0 atom stereocenters. The molecule has 10 heteroatoms. The van der Waals surface area contributed by atoms with Gasteiger partial charge in [-0.05, 0) is 25.0 Å². The summed E-state index contributed by atoms with van der Waals surface area (Å²) in [5.41, 5.74) is 1.08. The van der Waals surface area contributed by atoms with Gasteiger partial charge in [-0.3, -0.25) is 14.9 Å². The molecule has 152 valence electrons. The van der Waals surface area contributed by atoms with Crippen molar-refractivity contribution in [3.05, 3.63) is 50.7 Å². The molecule has 0 saturated heterocycles. The number of para-hydroxylation sites is 2. The minimum absolute atomic E-state index is 0.0811. The number of nitrogens with zero attached hydrogens (tertiary/aromatic N) is 4. The van der Waals surface area contributed by atoms with Crippen molar-refractivity contribution in [3.63, 3.8) is 0 Å². The Balaban J connectivity index is 1.72. The topological polar surface area (TPSA) is 103 Å². The number of aromatic nitrogens is 3. The SMILES string of the molecule is CCCn1c(SCC(=O)Nc2ccccc2[N+](=O)[O-])nnc1-c1csc(CC)c1. The number of thiophene rings is 1. The van der Waals surface area contributed by atoms with E-state index in [0.29, 0.717) is 5.16 Å². The number of nitrogens with one attached hydrogen (secondary N) is 1. The zero-order valence-electron chi connectivity index (χ0n) is 16.1. The van der Waals surface area contributed by atoms with E-state index in [1.165, 1.54) is 28.8 Å². The van der Waals surface area contributed by atoms with Crippen molar-refractivity contribution in [2.75, 3.05) is 11.1 Å². The number of aryl methyl sites for hydroxylation is 1. The number of hydrogen-bond acceptors (Lipinski definition) is 7. The highest BCUT2D eigenvalue weighted by molar-refractivity contribution is 7.99. The summed E-state index contributed by atoms with van der Waals surface area (Å²) in [6.45, 7) is 4.93. The smallest absolute Gasteiger partial charge is 0.292 e. The quantitative estimate of drug-likeness (QED) is 0.301. The van der Waals surface area contributed by atoms with Crippen LogP contribution in [-0.4, -0.2) is 31.3 Å². The fourth-order valence-electron chi connectivity index (χ4n) is 2.77. The van der Waals surface area contributed by atoms with Crippen molar-refractivity contribution in [1.82, 2.24) is 14.8 Å². The van der Waals surface area contributed by atoms with E-state index in [4.69, 9.17) is 0 Å². The summed E-state index contributed by atoms with van der Waals surface area (Å²) in [6.07, 6.45) is 1.88. The Hall–Kier alpha value is -2.72. The maximum atomic E-state index is 12.3. The molecule has 0 unspecified atom stereocenters. The second kappa shape index (κ2) is 9.66. The van der Waals surface area contributed by atoms with Crippen molar-refractivity contribution >= 4 is 40.4 Å². The van der Waals surface area contributed by atoms with Crippen LogP contribution in [0.5, 0.6) is 0 Å². The maximum Gasteiger partial charge on any atom is 0.292 e. The van der Waals surface area contributed by atoms with Gasteiger partial charge in [0, 0.05) is 28.4 Å². The summed E-state index contributed by atoms with van der Waals surface area (Å²) in [6, 6.07) is 8.20. The minimum Gasteiger partial charge on any atom is -0.320 e. The molecule has 29 heavy (non-hydrogen) atoms. The first kappa shape index (κ1) is 21.0. The van der Waals surface area contributed by atoms with Crippen LogP contribution in [0.25, 0.3) is 11.4 Å². The van der Waals surface area contributed by atoms with Crippen molar-refractivity contribution in [1.29, 1.82) is 0 Å². The van der Waals surface area contributed by atoms with Crippen LogP contribution >= 0.6 is 23.1 Å². The van der Waals surface area contributed by atoms with Crippen LogP contribution in [-0.2, 0) is 17.8 Å². The highest BCUT2D eigenvalue weighted by atomic mass is 32.2. The highest BCUT2D eigenvalue weighted by Crippen LogP contribution is 2.29. The summed E-state index contributed by atoms with van der Waals surface area (Å²) >= 11 is 2.96. The average Bonchev–Trinajstić information content (AvgIpc) is 3.33. The Morgan fingerprint density at radius 2 is 2.10 bits per heavy atom. The molecule has 0 saturated carbocycles. The van der Waals surface area contributed by atoms with E-state index in [0.717, 1.165) is 30.8 Å².